The van der Waals surface area contributed by atoms with Crippen LogP contribution in [0.3, 0.4) is 0 Å². The maximum Gasteiger partial charge on any atom is 0.228 e. The summed E-state index contributed by atoms with van der Waals surface area (Å²) in [6, 6.07) is 0. The highest BCUT2D eigenvalue weighted by molar-refractivity contribution is 6.20. The maximum absolute atomic E-state index is 12.6. The highest BCUT2D eigenvalue weighted by Gasteiger charge is 2.42. The van der Waals surface area contributed by atoms with E-state index in [0.29, 0.717) is 5.91 Å². The van der Waals surface area contributed by atoms with E-state index in [1.807, 2.05) is 4.90 Å². The summed E-state index contributed by atoms with van der Waals surface area (Å²) in [4.78, 5) is 14.6. The van der Waals surface area contributed by atoms with Gasteiger partial charge in [-0.25, -0.2) is 0 Å². The lowest BCUT2D eigenvalue weighted by Crippen LogP contribution is -2.47. The quantitative estimate of drug-likeness (QED) is 0.683. The van der Waals surface area contributed by atoms with Crippen molar-refractivity contribution in [2.45, 2.75) is 57.2 Å². The molecule has 92 valence electrons. The van der Waals surface area contributed by atoms with Crippen LogP contribution in [0.1, 0.15) is 51.9 Å². The van der Waals surface area contributed by atoms with Gasteiger partial charge in [0.1, 0.15) is 0 Å². The number of carbonyl (C=O) groups excluding carboxylic acids is 1. The first kappa shape index (κ1) is 12.2. The number of likely N-dealkylation sites (tertiary alicyclic amines) is 1. The van der Waals surface area contributed by atoms with Crippen LogP contribution in [0.25, 0.3) is 0 Å². The molecule has 2 aliphatic rings. The second-order valence-electron chi connectivity index (χ2n) is 5.33. The van der Waals surface area contributed by atoms with Gasteiger partial charge >= 0.3 is 0 Å². The molecule has 1 aliphatic carbocycles. The number of amides is 1. The molecule has 16 heavy (non-hydrogen) atoms. The molecule has 3 heteroatoms. The second kappa shape index (κ2) is 4.95. The minimum absolute atomic E-state index is 0.0338. The molecule has 1 amide bonds. The summed E-state index contributed by atoms with van der Waals surface area (Å²) in [5.41, 5.74) is -0.0338. The molecule has 1 saturated heterocycles. The van der Waals surface area contributed by atoms with Gasteiger partial charge in [-0.3, -0.25) is 4.79 Å². The van der Waals surface area contributed by atoms with Crippen LogP contribution in [0.2, 0.25) is 0 Å². The molecule has 0 aromatic heterocycles. The monoisotopic (exact) mass is 243 g/mol. The summed E-state index contributed by atoms with van der Waals surface area (Å²) in [7, 11) is 0. The van der Waals surface area contributed by atoms with E-state index in [1.54, 1.807) is 0 Å². The molecule has 1 saturated carbocycles. The predicted octanol–water partition coefficient (Wildman–Crippen LogP) is 3.19. The normalized spacial score (nSPS) is 29.4. The fourth-order valence-electron chi connectivity index (χ4n) is 3.22. The average molecular weight is 244 g/mol. The number of alkyl halides is 1. The van der Waals surface area contributed by atoms with Crippen molar-refractivity contribution in [3.8, 4) is 0 Å². The van der Waals surface area contributed by atoms with E-state index in [-0.39, 0.29) is 10.8 Å². The summed E-state index contributed by atoms with van der Waals surface area (Å²) >= 11 is 6.16. The highest BCUT2D eigenvalue weighted by Crippen LogP contribution is 2.43. The lowest BCUT2D eigenvalue weighted by Gasteiger charge is -2.37. The van der Waals surface area contributed by atoms with Gasteiger partial charge in [0, 0.05) is 18.5 Å². The van der Waals surface area contributed by atoms with Crippen LogP contribution in [0.5, 0.6) is 0 Å². The average Bonchev–Trinajstić information content (AvgIpc) is 2.78. The Labute approximate surface area is 103 Å². The fourth-order valence-corrected chi connectivity index (χ4v) is 3.54. The van der Waals surface area contributed by atoms with Gasteiger partial charge in [-0.1, -0.05) is 19.8 Å². The van der Waals surface area contributed by atoms with Crippen molar-refractivity contribution in [1.29, 1.82) is 0 Å². The molecule has 0 aromatic rings. The number of nitrogens with zero attached hydrogens (tertiary/aromatic N) is 1. The molecule has 0 bridgehead atoms. The first-order chi connectivity index (χ1) is 7.68. The van der Waals surface area contributed by atoms with Crippen LogP contribution < -0.4 is 0 Å². The molecule has 0 aromatic carbocycles. The number of rotatable bonds is 2. The number of carbonyl (C=O) groups is 1. The van der Waals surface area contributed by atoms with Crippen molar-refractivity contribution in [2.24, 2.45) is 5.41 Å². The number of hydrogen-bond acceptors (Lipinski definition) is 1. The van der Waals surface area contributed by atoms with E-state index in [9.17, 15) is 4.79 Å². The molecule has 0 N–H and O–H groups in total. The zero-order chi connectivity index (χ0) is 11.6. The largest absolute Gasteiger partial charge is 0.341 e. The number of piperidine rings is 1. The van der Waals surface area contributed by atoms with Crippen molar-refractivity contribution in [3.63, 3.8) is 0 Å². The van der Waals surface area contributed by atoms with E-state index in [1.165, 1.54) is 12.8 Å². The van der Waals surface area contributed by atoms with E-state index in [4.69, 9.17) is 11.6 Å². The third-order valence-electron chi connectivity index (χ3n) is 4.34. The van der Waals surface area contributed by atoms with Gasteiger partial charge in [-0.15, -0.1) is 11.6 Å². The molecular weight excluding hydrogens is 222 g/mol. The topological polar surface area (TPSA) is 20.3 Å². The summed E-state index contributed by atoms with van der Waals surface area (Å²) < 4.78 is 0. The first-order valence-electron chi connectivity index (χ1n) is 6.61. The van der Waals surface area contributed by atoms with Crippen molar-refractivity contribution >= 4 is 17.5 Å². The molecule has 2 rings (SSSR count). The minimum atomic E-state index is -0.0338. The van der Waals surface area contributed by atoms with Crippen LogP contribution in [-0.2, 0) is 4.79 Å². The first-order valence-corrected chi connectivity index (χ1v) is 7.05. The van der Waals surface area contributed by atoms with Crippen molar-refractivity contribution in [3.05, 3.63) is 0 Å². The van der Waals surface area contributed by atoms with E-state index in [2.05, 4.69) is 6.92 Å². The Morgan fingerprint density at radius 1 is 1.38 bits per heavy atom. The standard InChI is InChI=1S/C13H22ClNO/c1-2-13(7-3-4-8-13)12(16)15-9-5-6-11(14)10-15/h11H,2-10H2,1H3. The number of hydrogen-bond donors (Lipinski definition) is 0. The molecule has 2 nitrogen and oxygen atoms in total. The van der Waals surface area contributed by atoms with Gasteiger partial charge in [-0.05, 0) is 32.1 Å². The third kappa shape index (κ3) is 2.22. The SMILES string of the molecule is CCC1(C(=O)N2CCCC(Cl)C2)CCCC1. The van der Waals surface area contributed by atoms with Crippen LogP contribution in [-0.4, -0.2) is 29.3 Å². The van der Waals surface area contributed by atoms with Crippen LogP contribution >= 0.6 is 11.6 Å². The Balaban J connectivity index is 2.04. The van der Waals surface area contributed by atoms with Crippen LogP contribution in [0.15, 0.2) is 0 Å². The summed E-state index contributed by atoms with van der Waals surface area (Å²) in [5.74, 6) is 0.387. The zero-order valence-electron chi connectivity index (χ0n) is 10.2. The van der Waals surface area contributed by atoms with Gasteiger partial charge in [0.2, 0.25) is 5.91 Å². The zero-order valence-corrected chi connectivity index (χ0v) is 10.9. The van der Waals surface area contributed by atoms with Crippen LogP contribution in [0.4, 0.5) is 0 Å². The second-order valence-corrected chi connectivity index (χ2v) is 5.95. The Bertz CT molecular complexity index is 261. The van der Waals surface area contributed by atoms with E-state index < -0.39 is 0 Å². The Morgan fingerprint density at radius 3 is 2.62 bits per heavy atom. The molecule has 2 fully saturated rings. The molecule has 1 heterocycles. The Morgan fingerprint density at radius 2 is 2.06 bits per heavy atom. The van der Waals surface area contributed by atoms with E-state index in [0.717, 1.165) is 45.2 Å². The molecule has 1 atom stereocenters. The van der Waals surface area contributed by atoms with Gasteiger partial charge < -0.3 is 4.90 Å². The smallest absolute Gasteiger partial charge is 0.228 e. The molecular formula is C13H22ClNO. The predicted molar refractivity (Wildman–Crippen MR) is 66.6 cm³/mol. The summed E-state index contributed by atoms with van der Waals surface area (Å²) in [5, 5.41) is 0.174. The molecule has 1 unspecified atom stereocenters. The van der Waals surface area contributed by atoms with Gasteiger partial charge in [-0.2, -0.15) is 0 Å². The highest BCUT2D eigenvalue weighted by atomic mass is 35.5. The lowest BCUT2D eigenvalue weighted by atomic mass is 9.81. The fraction of sp³-hybridized carbons (Fsp3) is 0.923. The lowest BCUT2D eigenvalue weighted by molar-refractivity contribution is -0.143. The Hall–Kier alpha value is -0.240. The van der Waals surface area contributed by atoms with Crippen molar-refractivity contribution in [2.75, 3.05) is 13.1 Å². The minimum Gasteiger partial charge on any atom is -0.341 e. The van der Waals surface area contributed by atoms with Crippen molar-refractivity contribution < 1.29 is 4.79 Å². The number of halogens is 1. The molecule has 0 spiro atoms. The van der Waals surface area contributed by atoms with Crippen LogP contribution in [0, 0.1) is 5.41 Å². The van der Waals surface area contributed by atoms with Gasteiger partial charge in [0.05, 0.1) is 5.38 Å². The third-order valence-corrected chi connectivity index (χ3v) is 4.70. The Kier molecular flexibility index (Phi) is 3.78. The van der Waals surface area contributed by atoms with Gasteiger partial charge in [0.15, 0.2) is 0 Å². The molecule has 1 aliphatic heterocycles. The van der Waals surface area contributed by atoms with Gasteiger partial charge in [0.25, 0.3) is 0 Å². The van der Waals surface area contributed by atoms with E-state index >= 15 is 0 Å². The summed E-state index contributed by atoms with van der Waals surface area (Å²) in [6.45, 7) is 3.84. The molecule has 0 radical (unpaired) electrons. The van der Waals surface area contributed by atoms with Crippen molar-refractivity contribution in [1.82, 2.24) is 4.90 Å². The maximum atomic E-state index is 12.6. The summed E-state index contributed by atoms with van der Waals surface area (Å²) in [6.07, 6.45) is 7.74.